The smallest absolute Gasteiger partial charge is 0.338 e. The molecule has 1 aromatic heterocycles. The molecular weight excluding hydrogens is 390 g/mol. The second kappa shape index (κ2) is 9.25. The van der Waals surface area contributed by atoms with Gasteiger partial charge in [0.15, 0.2) is 11.6 Å². The van der Waals surface area contributed by atoms with E-state index in [9.17, 15) is 4.79 Å². The van der Waals surface area contributed by atoms with Crippen molar-refractivity contribution in [2.75, 3.05) is 23.0 Å². The first-order chi connectivity index (χ1) is 13.9. The highest BCUT2D eigenvalue weighted by molar-refractivity contribution is 6.30. The topological polar surface area (TPSA) is 102 Å². The number of nitrogen functional groups attached to an aromatic ring is 1. The summed E-state index contributed by atoms with van der Waals surface area (Å²) in [4.78, 5) is 20.4. The third-order valence-corrected chi connectivity index (χ3v) is 4.17. The van der Waals surface area contributed by atoms with E-state index in [0.29, 0.717) is 34.5 Å². The van der Waals surface area contributed by atoms with Crippen LogP contribution in [0.3, 0.4) is 0 Å². The average molecular weight is 412 g/mol. The number of ether oxygens (including phenoxy) is 1. The van der Waals surface area contributed by atoms with E-state index in [0.717, 1.165) is 11.4 Å². The van der Waals surface area contributed by atoms with E-state index in [-0.39, 0.29) is 11.9 Å². The number of aromatic nitrogens is 2. The number of halogens is 1. The Bertz CT molecular complexity index is 975. The molecule has 0 unspecified atom stereocenters. The van der Waals surface area contributed by atoms with E-state index in [1.54, 1.807) is 36.4 Å². The van der Waals surface area contributed by atoms with Gasteiger partial charge in [0.2, 0.25) is 0 Å². The van der Waals surface area contributed by atoms with Gasteiger partial charge in [-0.25, -0.2) is 14.8 Å². The van der Waals surface area contributed by atoms with Crippen molar-refractivity contribution in [3.8, 4) is 0 Å². The number of hydrogen-bond acceptors (Lipinski definition) is 7. The number of esters is 1. The van der Waals surface area contributed by atoms with E-state index >= 15 is 0 Å². The molecule has 7 nitrogen and oxygen atoms in total. The van der Waals surface area contributed by atoms with Gasteiger partial charge in [-0.05, 0) is 54.4 Å². The first-order valence-electron chi connectivity index (χ1n) is 9.09. The Labute approximate surface area is 174 Å². The summed E-state index contributed by atoms with van der Waals surface area (Å²) in [6.07, 6.45) is 1.41. The normalized spacial score (nSPS) is 10.6. The minimum Gasteiger partial charge on any atom is -0.462 e. The first-order valence-corrected chi connectivity index (χ1v) is 9.47. The third kappa shape index (κ3) is 5.58. The summed E-state index contributed by atoms with van der Waals surface area (Å²) in [5.74, 6) is 0.864. The average Bonchev–Trinajstić information content (AvgIpc) is 2.71. The van der Waals surface area contributed by atoms with Crippen molar-refractivity contribution in [1.82, 2.24) is 9.97 Å². The standard InChI is InChI=1S/C21H22ClN5O2/c1-13(2)11-29-21(28)14-3-7-16(8-4-14)26-19-18(23)20(25-12-24-19)27-17-9-5-15(22)6-10-17/h3-10,12-13H,11,23H2,1-2H3,(H2,24,25,26,27). The molecule has 0 bridgehead atoms. The minimum absolute atomic E-state index is 0.288. The number of carbonyl (C=O) groups excluding carboxylic acids is 1. The van der Waals surface area contributed by atoms with Crippen molar-refractivity contribution in [3.05, 3.63) is 65.4 Å². The molecule has 0 radical (unpaired) electrons. The number of anilines is 5. The van der Waals surface area contributed by atoms with Crippen LogP contribution in [0.2, 0.25) is 5.02 Å². The fraction of sp³-hybridized carbons (Fsp3) is 0.190. The molecule has 0 saturated heterocycles. The molecule has 8 heteroatoms. The summed E-state index contributed by atoms with van der Waals surface area (Å²) < 4.78 is 5.23. The van der Waals surface area contributed by atoms with Crippen molar-refractivity contribution in [3.63, 3.8) is 0 Å². The predicted octanol–water partition coefficient (Wildman–Crippen LogP) is 5.01. The Morgan fingerprint density at radius 1 is 1.00 bits per heavy atom. The van der Waals surface area contributed by atoms with Crippen LogP contribution in [0.25, 0.3) is 0 Å². The lowest BCUT2D eigenvalue weighted by molar-refractivity contribution is 0.0459. The summed E-state index contributed by atoms with van der Waals surface area (Å²) in [5, 5.41) is 6.91. The van der Waals surface area contributed by atoms with Crippen molar-refractivity contribution in [2.24, 2.45) is 5.92 Å². The Balaban J connectivity index is 1.70. The molecule has 0 aliphatic heterocycles. The molecule has 0 fully saturated rings. The summed E-state index contributed by atoms with van der Waals surface area (Å²) in [7, 11) is 0. The summed E-state index contributed by atoms with van der Waals surface area (Å²) in [6, 6.07) is 14.1. The summed E-state index contributed by atoms with van der Waals surface area (Å²) >= 11 is 5.91. The highest BCUT2D eigenvalue weighted by Gasteiger charge is 2.11. The van der Waals surface area contributed by atoms with Crippen molar-refractivity contribution < 1.29 is 9.53 Å². The van der Waals surface area contributed by atoms with Gasteiger partial charge in [0.1, 0.15) is 12.0 Å². The Kier molecular flexibility index (Phi) is 6.51. The number of nitrogens with two attached hydrogens (primary N) is 1. The molecule has 2 aromatic carbocycles. The fourth-order valence-corrected chi connectivity index (χ4v) is 2.54. The maximum absolute atomic E-state index is 12.0. The Morgan fingerprint density at radius 2 is 1.52 bits per heavy atom. The van der Waals surface area contributed by atoms with E-state index in [2.05, 4.69) is 20.6 Å². The molecule has 0 aliphatic carbocycles. The van der Waals surface area contributed by atoms with Gasteiger partial charge in [-0.1, -0.05) is 25.4 Å². The number of carbonyl (C=O) groups is 1. The van der Waals surface area contributed by atoms with Crippen LogP contribution in [-0.4, -0.2) is 22.5 Å². The van der Waals surface area contributed by atoms with Crippen LogP contribution in [0.1, 0.15) is 24.2 Å². The van der Waals surface area contributed by atoms with Crippen LogP contribution < -0.4 is 16.4 Å². The number of nitrogens with zero attached hydrogens (tertiary/aromatic N) is 2. The first kappa shape index (κ1) is 20.4. The van der Waals surface area contributed by atoms with E-state index < -0.39 is 0 Å². The van der Waals surface area contributed by atoms with Crippen molar-refractivity contribution >= 4 is 46.3 Å². The number of benzene rings is 2. The molecule has 3 aromatic rings. The van der Waals surface area contributed by atoms with Crippen LogP contribution in [-0.2, 0) is 4.74 Å². The van der Waals surface area contributed by atoms with Gasteiger partial charge in [-0.15, -0.1) is 0 Å². The van der Waals surface area contributed by atoms with Gasteiger partial charge in [0.25, 0.3) is 0 Å². The zero-order valence-electron chi connectivity index (χ0n) is 16.1. The highest BCUT2D eigenvalue weighted by Crippen LogP contribution is 2.28. The van der Waals surface area contributed by atoms with Crippen molar-refractivity contribution in [1.29, 1.82) is 0 Å². The van der Waals surface area contributed by atoms with Gasteiger partial charge in [-0.2, -0.15) is 0 Å². The second-order valence-corrected chi connectivity index (χ2v) is 7.25. The SMILES string of the molecule is CC(C)COC(=O)c1ccc(Nc2ncnc(Nc3ccc(Cl)cc3)c2N)cc1. The van der Waals surface area contributed by atoms with Crippen LogP contribution >= 0.6 is 11.6 Å². The molecule has 4 N–H and O–H groups in total. The molecular formula is C21H22ClN5O2. The maximum atomic E-state index is 12.0. The van der Waals surface area contributed by atoms with Gasteiger partial charge in [0, 0.05) is 16.4 Å². The molecule has 29 heavy (non-hydrogen) atoms. The Hall–Kier alpha value is -3.32. The summed E-state index contributed by atoms with van der Waals surface area (Å²) in [5.41, 5.74) is 8.58. The summed E-state index contributed by atoms with van der Waals surface area (Å²) in [6.45, 7) is 4.37. The fourth-order valence-electron chi connectivity index (χ4n) is 2.42. The molecule has 0 amide bonds. The van der Waals surface area contributed by atoms with Gasteiger partial charge < -0.3 is 21.1 Å². The molecule has 0 spiro atoms. The number of nitrogens with one attached hydrogen (secondary N) is 2. The minimum atomic E-state index is -0.346. The van der Waals surface area contributed by atoms with Crippen LogP contribution in [0, 0.1) is 5.92 Å². The Morgan fingerprint density at radius 3 is 2.03 bits per heavy atom. The lowest BCUT2D eigenvalue weighted by Gasteiger charge is -2.13. The zero-order chi connectivity index (χ0) is 20.8. The molecule has 0 atom stereocenters. The largest absolute Gasteiger partial charge is 0.462 e. The molecule has 3 rings (SSSR count). The molecule has 1 heterocycles. The second-order valence-electron chi connectivity index (χ2n) is 6.81. The van der Waals surface area contributed by atoms with Gasteiger partial charge in [-0.3, -0.25) is 0 Å². The van der Waals surface area contributed by atoms with E-state index in [1.807, 2.05) is 26.0 Å². The van der Waals surface area contributed by atoms with Gasteiger partial charge in [0.05, 0.1) is 12.2 Å². The molecule has 0 saturated carbocycles. The lowest BCUT2D eigenvalue weighted by Crippen LogP contribution is -2.10. The predicted molar refractivity (Wildman–Crippen MR) is 116 cm³/mol. The monoisotopic (exact) mass is 411 g/mol. The lowest BCUT2D eigenvalue weighted by atomic mass is 10.2. The van der Waals surface area contributed by atoms with Crippen LogP contribution in [0.15, 0.2) is 54.9 Å². The van der Waals surface area contributed by atoms with E-state index in [4.69, 9.17) is 22.1 Å². The van der Waals surface area contributed by atoms with Crippen LogP contribution in [0.4, 0.5) is 28.7 Å². The zero-order valence-corrected chi connectivity index (χ0v) is 16.9. The number of rotatable bonds is 7. The quantitative estimate of drug-likeness (QED) is 0.469. The van der Waals surface area contributed by atoms with Gasteiger partial charge >= 0.3 is 5.97 Å². The molecule has 150 valence electrons. The third-order valence-electron chi connectivity index (χ3n) is 3.92. The maximum Gasteiger partial charge on any atom is 0.338 e. The number of hydrogen-bond donors (Lipinski definition) is 3. The van der Waals surface area contributed by atoms with E-state index in [1.165, 1.54) is 6.33 Å². The highest BCUT2D eigenvalue weighted by atomic mass is 35.5. The van der Waals surface area contributed by atoms with Crippen LogP contribution in [0.5, 0.6) is 0 Å². The molecule has 0 aliphatic rings. The van der Waals surface area contributed by atoms with Crippen molar-refractivity contribution in [2.45, 2.75) is 13.8 Å².